The first-order valence-corrected chi connectivity index (χ1v) is 5.93. The number of carbonyl (C=O) groups is 1. The minimum atomic E-state index is -0.370. The largest absolute Gasteiger partial charge is 0.326 e. The van der Waals surface area contributed by atoms with Crippen LogP contribution in [0.5, 0.6) is 0 Å². The first-order chi connectivity index (χ1) is 7.84. The van der Waals surface area contributed by atoms with Gasteiger partial charge >= 0.3 is 0 Å². The summed E-state index contributed by atoms with van der Waals surface area (Å²) in [7, 11) is 1.92. The Morgan fingerprint density at radius 1 is 1.29 bits per heavy atom. The number of nitrogens with one attached hydrogen (secondary N) is 2. The summed E-state index contributed by atoms with van der Waals surface area (Å²) >= 11 is 0. The molecule has 1 rings (SSSR count). The molecule has 1 atom stereocenters. The van der Waals surface area contributed by atoms with Crippen molar-refractivity contribution < 1.29 is 4.79 Å². The van der Waals surface area contributed by atoms with Crippen LogP contribution in [0.3, 0.4) is 0 Å². The van der Waals surface area contributed by atoms with Gasteiger partial charge in [-0.15, -0.1) is 0 Å². The number of carbonyl (C=O) groups excluding carboxylic acids is 1. The predicted octanol–water partition coefficient (Wildman–Crippen LogP) is 2.95. The summed E-state index contributed by atoms with van der Waals surface area (Å²) in [5, 5.41) is 6.11. The number of benzene rings is 1. The topological polar surface area (TPSA) is 41.1 Å². The summed E-state index contributed by atoms with van der Waals surface area (Å²) in [6.07, 6.45) is 0. The fourth-order valence-electron chi connectivity index (χ4n) is 1.37. The molecule has 94 valence electrons. The fraction of sp³-hybridized carbons (Fsp3) is 0.500. The Morgan fingerprint density at radius 3 is 2.47 bits per heavy atom. The maximum atomic E-state index is 11.9. The Labute approximate surface area is 104 Å². The van der Waals surface area contributed by atoms with Gasteiger partial charge in [-0.1, -0.05) is 32.9 Å². The highest BCUT2D eigenvalue weighted by Gasteiger charge is 2.21. The molecule has 0 saturated carbocycles. The van der Waals surface area contributed by atoms with Gasteiger partial charge in [0.15, 0.2) is 0 Å². The lowest BCUT2D eigenvalue weighted by molar-refractivity contribution is -0.123. The van der Waals surface area contributed by atoms with Crippen molar-refractivity contribution in [2.45, 2.75) is 33.7 Å². The van der Waals surface area contributed by atoms with Gasteiger partial charge in [0.1, 0.15) is 0 Å². The van der Waals surface area contributed by atoms with Crippen molar-refractivity contribution in [3.05, 3.63) is 29.8 Å². The number of amides is 1. The van der Waals surface area contributed by atoms with Crippen LogP contribution in [0.15, 0.2) is 24.3 Å². The van der Waals surface area contributed by atoms with Crippen molar-refractivity contribution in [1.29, 1.82) is 0 Å². The van der Waals surface area contributed by atoms with Gasteiger partial charge in [-0.2, -0.15) is 0 Å². The van der Waals surface area contributed by atoms with Crippen LogP contribution in [0.1, 0.15) is 39.3 Å². The monoisotopic (exact) mass is 234 g/mol. The molecule has 0 aromatic heterocycles. The van der Waals surface area contributed by atoms with E-state index in [0.29, 0.717) is 0 Å². The molecule has 0 saturated heterocycles. The van der Waals surface area contributed by atoms with E-state index in [0.717, 1.165) is 5.69 Å². The maximum absolute atomic E-state index is 11.9. The Morgan fingerprint density at radius 2 is 1.94 bits per heavy atom. The zero-order chi connectivity index (χ0) is 13.1. The van der Waals surface area contributed by atoms with Crippen LogP contribution in [0.4, 0.5) is 5.69 Å². The van der Waals surface area contributed by atoms with Crippen molar-refractivity contribution in [3.63, 3.8) is 0 Å². The fourth-order valence-corrected chi connectivity index (χ4v) is 1.37. The lowest BCUT2D eigenvalue weighted by Gasteiger charge is -2.18. The summed E-state index contributed by atoms with van der Waals surface area (Å²) in [6.45, 7) is 7.80. The normalized spacial score (nSPS) is 13.2. The molecule has 0 radical (unpaired) electrons. The van der Waals surface area contributed by atoms with E-state index in [-0.39, 0.29) is 17.4 Å². The van der Waals surface area contributed by atoms with Crippen LogP contribution in [0, 0.1) is 5.41 Å². The van der Waals surface area contributed by atoms with Gasteiger partial charge in [0.25, 0.3) is 0 Å². The highest BCUT2D eigenvalue weighted by atomic mass is 16.2. The van der Waals surface area contributed by atoms with E-state index < -0.39 is 0 Å². The van der Waals surface area contributed by atoms with Crippen LogP contribution in [0.25, 0.3) is 0 Å². The lowest BCUT2D eigenvalue weighted by Crippen LogP contribution is -2.27. The average molecular weight is 234 g/mol. The molecule has 0 fully saturated rings. The Balaban J connectivity index is 2.83. The second kappa shape index (κ2) is 5.32. The highest BCUT2D eigenvalue weighted by molar-refractivity contribution is 5.94. The van der Waals surface area contributed by atoms with E-state index in [2.05, 4.69) is 17.6 Å². The molecule has 0 spiro atoms. The molecule has 17 heavy (non-hydrogen) atoms. The number of hydrogen-bond acceptors (Lipinski definition) is 2. The summed E-state index contributed by atoms with van der Waals surface area (Å²) in [5.74, 6) is 0.0340. The third-order valence-corrected chi connectivity index (χ3v) is 2.76. The predicted molar refractivity (Wildman–Crippen MR) is 72.0 cm³/mol. The van der Waals surface area contributed by atoms with Gasteiger partial charge in [-0.3, -0.25) is 4.79 Å². The van der Waals surface area contributed by atoms with Crippen molar-refractivity contribution in [1.82, 2.24) is 5.32 Å². The molecule has 3 heteroatoms. The van der Waals surface area contributed by atoms with Crippen molar-refractivity contribution >= 4 is 11.6 Å². The van der Waals surface area contributed by atoms with Crippen LogP contribution in [-0.2, 0) is 4.79 Å². The molecule has 0 bridgehead atoms. The third-order valence-electron chi connectivity index (χ3n) is 2.76. The van der Waals surface area contributed by atoms with Crippen LogP contribution >= 0.6 is 0 Å². The molecule has 0 heterocycles. The Kier molecular flexibility index (Phi) is 4.29. The van der Waals surface area contributed by atoms with Gasteiger partial charge in [-0.05, 0) is 31.7 Å². The average Bonchev–Trinajstić information content (AvgIpc) is 2.27. The van der Waals surface area contributed by atoms with Gasteiger partial charge in [0.2, 0.25) is 5.91 Å². The van der Waals surface area contributed by atoms with Crippen molar-refractivity contribution in [2.24, 2.45) is 5.41 Å². The van der Waals surface area contributed by atoms with Gasteiger partial charge in [0, 0.05) is 17.1 Å². The van der Waals surface area contributed by atoms with E-state index in [1.54, 1.807) is 0 Å². The Hall–Kier alpha value is -1.35. The summed E-state index contributed by atoms with van der Waals surface area (Å²) < 4.78 is 0. The molecule has 1 aromatic carbocycles. The first kappa shape index (κ1) is 13.7. The van der Waals surface area contributed by atoms with Crippen molar-refractivity contribution in [3.8, 4) is 0 Å². The standard InChI is InChI=1S/C14H22N2O/c1-10(15-5)11-7-6-8-12(9-11)16-13(17)14(2,3)4/h6-10,15H,1-5H3,(H,16,17). The van der Waals surface area contributed by atoms with E-state index in [1.165, 1.54) is 5.56 Å². The highest BCUT2D eigenvalue weighted by Crippen LogP contribution is 2.20. The van der Waals surface area contributed by atoms with Gasteiger partial charge < -0.3 is 10.6 Å². The molecular weight excluding hydrogens is 212 g/mol. The lowest BCUT2D eigenvalue weighted by atomic mass is 9.95. The zero-order valence-corrected chi connectivity index (χ0v) is 11.3. The molecule has 1 aromatic rings. The molecule has 3 nitrogen and oxygen atoms in total. The summed E-state index contributed by atoms with van der Waals surface area (Å²) in [6, 6.07) is 8.21. The number of rotatable bonds is 3. The molecule has 0 aliphatic carbocycles. The van der Waals surface area contributed by atoms with E-state index in [9.17, 15) is 4.79 Å². The second-order valence-corrected chi connectivity index (χ2v) is 5.34. The van der Waals surface area contributed by atoms with Gasteiger partial charge in [0.05, 0.1) is 0 Å². The molecule has 0 aliphatic heterocycles. The minimum absolute atomic E-state index is 0.0340. The third kappa shape index (κ3) is 3.86. The number of anilines is 1. The summed E-state index contributed by atoms with van der Waals surface area (Å²) in [4.78, 5) is 11.9. The van der Waals surface area contributed by atoms with Crippen LogP contribution in [0.2, 0.25) is 0 Å². The van der Waals surface area contributed by atoms with Crippen molar-refractivity contribution in [2.75, 3.05) is 12.4 Å². The Bertz CT molecular complexity index is 393. The molecule has 1 unspecified atom stereocenters. The van der Waals surface area contributed by atoms with E-state index in [1.807, 2.05) is 52.1 Å². The zero-order valence-electron chi connectivity index (χ0n) is 11.3. The maximum Gasteiger partial charge on any atom is 0.229 e. The van der Waals surface area contributed by atoms with Crippen LogP contribution < -0.4 is 10.6 Å². The minimum Gasteiger partial charge on any atom is -0.326 e. The molecule has 2 N–H and O–H groups in total. The molecule has 1 amide bonds. The molecular formula is C14H22N2O. The van der Waals surface area contributed by atoms with E-state index in [4.69, 9.17) is 0 Å². The second-order valence-electron chi connectivity index (χ2n) is 5.34. The molecule has 0 aliphatic rings. The summed E-state index contributed by atoms with van der Waals surface area (Å²) in [5.41, 5.74) is 1.65. The quantitative estimate of drug-likeness (QED) is 0.844. The number of hydrogen-bond donors (Lipinski definition) is 2. The van der Waals surface area contributed by atoms with E-state index >= 15 is 0 Å². The van der Waals surface area contributed by atoms with Crippen LogP contribution in [-0.4, -0.2) is 13.0 Å². The smallest absolute Gasteiger partial charge is 0.229 e. The SMILES string of the molecule is CNC(C)c1cccc(NC(=O)C(C)(C)C)c1. The van der Waals surface area contributed by atoms with Gasteiger partial charge in [-0.25, -0.2) is 0 Å². The first-order valence-electron chi connectivity index (χ1n) is 5.93.